The summed E-state index contributed by atoms with van der Waals surface area (Å²) >= 11 is 6.26. The summed E-state index contributed by atoms with van der Waals surface area (Å²) < 4.78 is 35.7. The zero-order valence-electron chi connectivity index (χ0n) is 18.1. The quantitative estimate of drug-likeness (QED) is 0.612. The molecule has 1 heterocycles. The van der Waals surface area contributed by atoms with Crippen LogP contribution in [-0.2, 0) is 9.84 Å². The summed E-state index contributed by atoms with van der Waals surface area (Å²) in [4.78, 5) is 2.49. The van der Waals surface area contributed by atoms with Gasteiger partial charge in [-0.2, -0.15) is 0 Å². The molecule has 1 fully saturated rings. The molecule has 2 N–H and O–H groups in total. The molecule has 0 saturated carbocycles. The number of hydrogen-bond acceptors (Lipinski definition) is 7. The molecule has 3 rings (SSSR count). The third-order valence-corrected chi connectivity index (χ3v) is 6.53. The minimum absolute atomic E-state index is 0. The average molecular weight is 490 g/mol. The number of nitrogens with zero attached hydrogens (tertiary/aromatic N) is 1. The van der Waals surface area contributed by atoms with E-state index in [-0.39, 0.29) is 23.3 Å². The average Bonchev–Trinajstić information content (AvgIpc) is 2.72. The van der Waals surface area contributed by atoms with Gasteiger partial charge < -0.3 is 25.0 Å². The lowest BCUT2D eigenvalue weighted by Gasteiger charge is -2.30. The van der Waals surface area contributed by atoms with Crippen LogP contribution in [0, 0.1) is 0 Å². The van der Waals surface area contributed by atoms with Gasteiger partial charge in [0, 0.05) is 54.8 Å². The van der Waals surface area contributed by atoms with Crippen molar-refractivity contribution in [2.24, 2.45) is 0 Å². The summed E-state index contributed by atoms with van der Waals surface area (Å²) in [6, 6.07) is 8.61. The fourth-order valence-electron chi connectivity index (χ4n) is 3.67. The smallest absolute Gasteiger partial charge is 0.177 e. The lowest BCUT2D eigenvalue weighted by atomic mass is 10.1. The molecule has 2 aromatic rings. The van der Waals surface area contributed by atoms with Crippen molar-refractivity contribution in [1.82, 2.24) is 5.32 Å². The highest BCUT2D eigenvalue weighted by Gasteiger charge is 2.22. The van der Waals surface area contributed by atoms with E-state index in [1.54, 1.807) is 32.4 Å². The van der Waals surface area contributed by atoms with Crippen LogP contribution < -0.4 is 25.0 Å². The predicted molar refractivity (Wildman–Crippen MR) is 128 cm³/mol. The predicted octanol–water partition coefficient (Wildman–Crippen LogP) is 3.77. The van der Waals surface area contributed by atoms with Crippen LogP contribution in [0.1, 0.15) is 18.5 Å². The van der Waals surface area contributed by atoms with Crippen molar-refractivity contribution in [3.05, 3.63) is 40.9 Å². The Labute approximate surface area is 195 Å². The van der Waals surface area contributed by atoms with Gasteiger partial charge in [0.05, 0.1) is 30.8 Å². The van der Waals surface area contributed by atoms with Gasteiger partial charge >= 0.3 is 0 Å². The van der Waals surface area contributed by atoms with E-state index in [0.29, 0.717) is 22.2 Å². The highest BCUT2D eigenvalue weighted by molar-refractivity contribution is 7.90. The van der Waals surface area contributed by atoms with Crippen LogP contribution in [0.5, 0.6) is 11.5 Å². The molecule has 0 bridgehead atoms. The molecule has 0 amide bonds. The van der Waals surface area contributed by atoms with Gasteiger partial charge in [0.2, 0.25) is 0 Å². The number of methoxy groups -OCH3 is 2. The third kappa shape index (κ3) is 5.88. The van der Waals surface area contributed by atoms with Crippen LogP contribution in [0.2, 0.25) is 5.02 Å². The molecule has 0 aliphatic carbocycles. The molecule has 0 aromatic heterocycles. The first-order valence-electron chi connectivity index (χ1n) is 9.72. The Bertz CT molecular complexity index is 1010. The molecule has 0 radical (unpaired) electrons. The summed E-state index contributed by atoms with van der Waals surface area (Å²) in [5.41, 5.74) is 2.30. The van der Waals surface area contributed by atoms with Crippen LogP contribution in [0.25, 0.3) is 0 Å². The Morgan fingerprint density at radius 1 is 1.13 bits per heavy atom. The lowest BCUT2D eigenvalue weighted by Crippen LogP contribution is -2.43. The van der Waals surface area contributed by atoms with Crippen LogP contribution >= 0.6 is 24.0 Å². The summed E-state index contributed by atoms with van der Waals surface area (Å²) in [6.45, 7) is 5.45. The highest BCUT2D eigenvalue weighted by Crippen LogP contribution is 2.39. The second-order valence-electron chi connectivity index (χ2n) is 7.29. The monoisotopic (exact) mass is 489 g/mol. The lowest BCUT2D eigenvalue weighted by molar-refractivity contribution is 0.350. The Kier molecular flexibility index (Phi) is 8.71. The van der Waals surface area contributed by atoms with Gasteiger partial charge in [-0.25, -0.2) is 8.42 Å². The van der Waals surface area contributed by atoms with Gasteiger partial charge in [-0.1, -0.05) is 11.6 Å². The van der Waals surface area contributed by atoms with Crippen molar-refractivity contribution in [1.29, 1.82) is 0 Å². The Morgan fingerprint density at radius 3 is 2.39 bits per heavy atom. The van der Waals surface area contributed by atoms with Crippen molar-refractivity contribution < 1.29 is 17.9 Å². The minimum atomic E-state index is -3.42. The molecule has 1 aliphatic rings. The Hall–Kier alpha value is -1.87. The number of ether oxygens (including phenoxy) is 2. The third-order valence-electron chi connectivity index (χ3n) is 5.16. The van der Waals surface area contributed by atoms with E-state index in [1.807, 2.05) is 19.1 Å². The van der Waals surface area contributed by atoms with Crippen molar-refractivity contribution in [3.8, 4) is 11.5 Å². The van der Waals surface area contributed by atoms with E-state index < -0.39 is 9.84 Å². The maximum absolute atomic E-state index is 12.4. The first kappa shape index (κ1) is 25.4. The van der Waals surface area contributed by atoms with Crippen molar-refractivity contribution in [3.63, 3.8) is 0 Å². The molecule has 10 heteroatoms. The topological polar surface area (TPSA) is 79.9 Å². The second-order valence-corrected chi connectivity index (χ2v) is 9.71. The van der Waals surface area contributed by atoms with Crippen LogP contribution in [0.15, 0.2) is 35.2 Å². The van der Waals surface area contributed by atoms with Crippen molar-refractivity contribution in [2.45, 2.75) is 17.9 Å². The van der Waals surface area contributed by atoms with Gasteiger partial charge in [0.1, 0.15) is 0 Å². The number of benzene rings is 2. The van der Waals surface area contributed by atoms with Crippen LogP contribution in [-0.4, -0.2) is 55.1 Å². The Balaban J connectivity index is 0.00000341. The number of nitrogens with one attached hydrogen (secondary N) is 2. The van der Waals surface area contributed by atoms with Gasteiger partial charge in [0.15, 0.2) is 21.3 Å². The largest absolute Gasteiger partial charge is 0.493 e. The van der Waals surface area contributed by atoms with E-state index in [0.717, 1.165) is 37.4 Å². The number of halogens is 2. The normalized spacial score (nSPS) is 15.1. The number of hydrogen-bond donors (Lipinski definition) is 2. The number of rotatable bonds is 7. The number of piperazine rings is 1. The molecule has 2 aromatic carbocycles. The van der Waals surface area contributed by atoms with E-state index >= 15 is 0 Å². The Morgan fingerprint density at radius 2 is 1.81 bits per heavy atom. The standard InChI is InChI=1S/C21H28ClN3O4S.ClH/c1-14(17-11-15(22)12-19(28-2)21(17)29-3)24-18-13-16(25-9-7-23-8-10-25)5-6-20(18)30(4,26)27;/h5-6,11-14,23-24H,7-10H2,1-4H3;1H/t14-;/m1./s1. The molecular weight excluding hydrogens is 461 g/mol. The van der Waals surface area contributed by atoms with E-state index in [1.165, 1.54) is 6.26 Å². The summed E-state index contributed by atoms with van der Waals surface area (Å²) in [7, 11) is -0.306. The van der Waals surface area contributed by atoms with E-state index in [2.05, 4.69) is 15.5 Å². The molecule has 172 valence electrons. The molecule has 31 heavy (non-hydrogen) atoms. The minimum Gasteiger partial charge on any atom is -0.493 e. The fraction of sp³-hybridized carbons (Fsp3) is 0.429. The highest BCUT2D eigenvalue weighted by atomic mass is 35.5. The molecule has 7 nitrogen and oxygen atoms in total. The molecule has 0 unspecified atom stereocenters. The maximum Gasteiger partial charge on any atom is 0.177 e. The van der Waals surface area contributed by atoms with Crippen molar-refractivity contribution in [2.75, 3.05) is 56.9 Å². The molecule has 0 spiro atoms. The molecule has 1 aliphatic heterocycles. The van der Waals surface area contributed by atoms with Gasteiger partial charge in [0.25, 0.3) is 0 Å². The fourth-order valence-corrected chi connectivity index (χ4v) is 4.71. The zero-order valence-corrected chi connectivity index (χ0v) is 20.5. The first-order valence-corrected chi connectivity index (χ1v) is 12.0. The second kappa shape index (κ2) is 10.6. The summed E-state index contributed by atoms with van der Waals surface area (Å²) in [5.74, 6) is 1.08. The molecule has 1 saturated heterocycles. The SMILES string of the molecule is COc1cc(Cl)cc([C@@H](C)Nc2cc(N3CCNCC3)ccc2S(C)(=O)=O)c1OC.Cl. The van der Waals surface area contributed by atoms with E-state index in [9.17, 15) is 8.42 Å². The van der Waals surface area contributed by atoms with Gasteiger partial charge in [-0.3, -0.25) is 0 Å². The zero-order chi connectivity index (χ0) is 21.9. The van der Waals surface area contributed by atoms with Crippen molar-refractivity contribution >= 4 is 45.2 Å². The maximum atomic E-state index is 12.4. The van der Waals surface area contributed by atoms with Crippen LogP contribution in [0.4, 0.5) is 11.4 Å². The molecular formula is C21H29Cl2N3O4S. The first-order chi connectivity index (χ1) is 14.2. The van der Waals surface area contributed by atoms with Gasteiger partial charge in [-0.15, -0.1) is 12.4 Å². The number of anilines is 2. The van der Waals surface area contributed by atoms with Gasteiger partial charge in [-0.05, 0) is 31.2 Å². The summed E-state index contributed by atoms with van der Waals surface area (Å²) in [5, 5.41) is 7.18. The summed E-state index contributed by atoms with van der Waals surface area (Å²) in [6.07, 6.45) is 1.21. The molecule has 1 atom stereocenters. The van der Waals surface area contributed by atoms with Crippen LogP contribution in [0.3, 0.4) is 0 Å². The van der Waals surface area contributed by atoms with E-state index in [4.69, 9.17) is 21.1 Å². The number of sulfone groups is 1.